The van der Waals surface area contributed by atoms with E-state index in [2.05, 4.69) is 17.6 Å². The first-order valence-corrected chi connectivity index (χ1v) is 8.79. The van der Waals surface area contributed by atoms with Crippen LogP contribution in [-0.4, -0.2) is 11.8 Å². The van der Waals surface area contributed by atoms with Crippen molar-refractivity contribution < 1.29 is 9.59 Å². The van der Waals surface area contributed by atoms with Gasteiger partial charge in [-0.05, 0) is 36.1 Å². The average Bonchev–Trinajstić information content (AvgIpc) is 2.61. The summed E-state index contributed by atoms with van der Waals surface area (Å²) in [4.78, 5) is 23.8. The molecule has 2 N–H and O–H groups in total. The molecule has 0 heterocycles. The monoisotopic (exact) mass is 338 g/mol. The maximum atomic E-state index is 12.4. The van der Waals surface area contributed by atoms with E-state index in [0.717, 1.165) is 17.7 Å². The van der Waals surface area contributed by atoms with Crippen LogP contribution < -0.4 is 10.6 Å². The first kappa shape index (κ1) is 18.7. The van der Waals surface area contributed by atoms with Crippen LogP contribution in [0.4, 0.5) is 5.69 Å². The van der Waals surface area contributed by atoms with Gasteiger partial charge in [-0.25, -0.2) is 0 Å². The highest BCUT2D eigenvalue weighted by molar-refractivity contribution is 5.91. The Labute approximate surface area is 149 Å². The summed E-state index contributed by atoms with van der Waals surface area (Å²) in [6, 6.07) is 17.2. The molecule has 0 saturated carbocycles. The molecule has 2 amide bonds. The summed E-state index contributed by atoms with van der Waals surface area (Å²) >= 11 is 0. The second-order valence-electron chi connectivity index (χ2n) is 6.22. The molecular weight excluding hydrogens is 312 g/mol. The van der Waals surface area contributed by atoms with Gasteiger partial charge >= 0.3 is 0 Å². The van der Waals surface area contributed by atoms with Crippen LogP contribution in [0, 0.1) is 0 Å². The molecule has 1 unspecified atom stereocenters. The Morgan fingerprint density at radius 2 is 1.68 bits per heavy atom. The highest BCUT2D eigenvalue weighted by Crippen LogP contribution is 2.18. The van der Waals surface area contributed by atoms with E-state index in [1.165, 1.54) is 25.3 Å². The van der Waals surface area contributed by atoms with Crippen molar-refractivity contribution >= 4 is 17.5 Å². The number of amides is 2. The number of unbranched alkanes of at least 4 members (excludes halogenated alkanes) is 1. The minimum atomic E-state index is -0.331. The lowest BCUT2D eigenvalue weighted by atomic mass is 10.0. The van der Waals surface area contributed by atoms with Gasteiger partial charge in [-0.2, -0.15) is 0 Å². The van der Waals surface area contributed by atoms with Gasteiger partial charge in [-0.1, -0.05) is 55.8 Å². The van der Waals surface area contributed by atoms with E-state index >= 15 is 0 Å². The summed E-state index contributed by atoms with van der Waals surface area (Å²) in [7, 11) is 0. The maximum absolute atomic E-state index is 12.4. The standard InChI is InChI=1S/C21H26N2O2/c1-3-4-8-17-11-13-19(14-12-17)23-21(25)15-20(22-16(2)24)18-9-6-5-7-10-18/h5-7,9-14,20H,3-4,8,15H2,1-2H3,(H,22,24)(H,23,25). The topological polar surface area (TPSA) is 58.2 Å². The number of carbonyl (C=O) groups excluding carboxylic acids is 2. The van der Waals surface area contributed by atoms with E-state index < -0.39 is 0 Å². The summed E-state index contributed by atoms with van der Waals surface area (Å²) in [5.74, 6) is -0.272. The number of rotatable bonds is 8. The molecule has 0 saturated heterocycles. The molecule has 132 valence electrons. The van der Waals surface area contributed by atoms with E-state index in [0.29, 0.717) is 0 Å². The highest BCUT2D eigenvalue weighted by atomic mass is 16.2. The zero-order valence-corrected chi connectivity index (χ0v) is 14.9. The van der Waals surface area contributed by atoms with Crippen LogP contribution >= 0.6 is 0 Å². The number of anilines is 1. The van der Waals surface area contributed by atoms with Crippen LogP contribution in [0.3, 0.4) is 0 Å². The summed E-state index contributed by atoms with van der Waals surface area (Å²) in [5, 5.41) is 5.75. The Morgan fingerprint density at radius 3 is 2.28 bits per heavy atom. The number of aryl methyl sites for hydroxylation is 1. The van der Waals surface area contributed by atoms with Gasteiger partial charge in [0.15, 0.2) is 0 Å². The summed E-state index contributed by atoms with van der Waals surface area (Å²) in [5.41, 5.74) is 2.97. The van der Waals surface area contributed by atoms with E-state index in [4.69, 9.17) is 0 Å². The Morgan fingerprint density at radius 1 is 1.00 bits per heavy atom. The van der Waals surface area contributed by atoms with Crippen LogP contribution in [-0.2, 0) is 16.0 Å². The molecule has 0 aliphatic heterocycles. The molecule has 2 aromatic carbocycles. The SMILES string of the molecule is CCCCc1ccc(NC(=O)CC(NC(C)=O)c2ccccc2)cc1. The smallest absolute Gasteiger partial charge is 0.226 e. The molecule has 0 aliphatic carbocycles. The van der Waals surface area contributed by atoms with E-state index in [-0.39, 0.29) is 24.3 Å². The van der Waals surface area contributed by atoms with E-state index in [9.17, 15) is 9.59 Å². The zero-order chi connectivity index (χ0) is 18.1. The van der Waals surface area contributed by atoms with Crippen molar-refractivity contribution in [1.29, 1.82) is 0 Å². The Balaban J connectivity index is 1.97. The number of carbonyl (C=O) groups is 2. The molecule has 25 heavy (non-hydrogen) atoms. The van der Waals surface area contributed by atoms with Crippen molar-refractivity contribution in [1.82, 2.24) is 5.32 Å². The van der Waals surface area contributed by atoms with Crippen LogP contribution in [0.25, 0.3) is 0 Å². The number of hydrogen-bond donors (Lipinski definition) is 2. The molecule has 0 bridgehead atoms. The molecule has 2 rings (SSSR count). The van der Waals surface area contributed by atoms with Crippen molar-refractivity contribution in [3.8, 4) is 0 Å². The van der Waals surface area contributed by atoms with E-state index in [1.54, 1.807) is 0 Å². The van der Waals surface area contributed by atoms with Gasteiger partial charge < -0.3 is 10.6 Å². The highest BCUT2D eigenvalue weighted by Gasteiger charge is 2.17. The fourth-order valence-electron chi connectivity index (χ4n) is 2.72. The predicted octanol–water partition coefficient (Wildman–Crippen LogP) is 4.24. The molecular formula is C21H26N2O2. The Kier molecular flexibility index (Phi) is 7.20. The lowest BCUT2D eigenvalue weighted by Gasteiger charge is -2.18. The van der Waals surface area contributed by atoms with Crippen molar-refractivity contribution in [2.45, 2.75) is 45.6 Å². The van der Waals surface area contributed by atoms with Gasteiger partial charge in [0.05, 0.1) is 12.5 Å². The van der Waals surface area contributed by atoms with Crippen molar-refractivity contribution in [2.75, 3.05) is 5.32 Å². The summed E-state index contributed by atoms with van der Waals surface area (Å²) < 4.78 is 0. The average molecular weight is 338 g/mol. The molecule has 1 atom stereocenters. The summed E-state index contributed by atoms with van der Waals surface area (Å²) in [6.45, 7) is 3.63. The lowest BCUT2D eigenvalue weighted by Crippen LogP contribution is -2.29. The number of nitrogens with one attached hydrogen (secondary N) is 2. The zero-order valence-electron chi connectivity index (χ0n) is 14.9. The molecule has 0 spiro atoms. The third-order valence-electron chi connectivity index (χ3n) is 4.03. The Bertz CT molecular complexity index is 681. The Hall–Kier alpha value is -2.62. The predicted molar refractivity (Wildman–Crippen MR) is 101 cm³/mol. The van der Waals surface area contributed by atoms with Gasteiger partial charge in [-0.15, -0.1) is 0 Å². The first-order chi connectivity index (χ1) is 12.1. The van der Waals surface area contributed by atoms with Crippen LogP contribution in [0.1, 0.15) is 50.3 Å². The van der Waals surface area contributed by atoms with Gasteiger partial charge in [0.25, 0.3) is 0 Å². The molecule has 0 fully saturated rings. The van der Waals surface area contributed by atoms with Crippen molar-refractivity contribution in [3.63, 3.8) is 0 Å². The quantitative estimate of drug-likeness (QED) is 0.756. The number of hydrogen-bond acceptors (Lipinski definition) is 2. The molecule has 0 aromatic heterocycles. The first-order valence-electron chi connectivity index (χ1n) is 8.79. The van der Waals surface area contributed by atoms with Crippen LogP contribution in [0.5, 0.6) is 0 Å². The minimum absolute atomic E-state index is 0.121. The second-order valence-corrected chi connectivity index (χ2v) is 6.22. The number of benzene rings is 2. The molecule has 0 aliphatic rings. The normalized spacial score (nSPS) is 11.6. The molecule has 0 radical (unpaired) electrons. The fraction of sp³-hybridized carbons (Fsp3) is 0.333. The third-order valence-corrected chi connectivity index (χ3v) is 4.03. The lowest BCUT2D eigenvalue weighted by molar-refractivity contribution is -0.120. The van der Waals surface area contributed by atoms with Crippen molar-refractivity contribution in [3.05, 3.63) is 65.7 Å². The molecule has 2 aromatic rings. The fourth-order valence-corrected chi connectivity index (χ4v) is 2.72. The molecule has 4 nitrogen and oxygen atoms in total. The summed E-state index contributed by atoms with van der Waals surface area (Å²) in [6.07, 6.45) is 3.59. The minimum Gasteiger partial charge on any atom is -0.349 e. The second kappa shape index (κ2) is 9.62. The van der Waals surface area contributed by atoms with Gasteiger partial charge in [-0.3, -0.25) is 9.59 Å². The van der Waals surface area contributed by atoms with E-state index in [1.807, 2.05) is 54.6 Å². The maximum Gasteiger partial charge on any atom is 0.226 e. The van der Waals surface area contributed by atoms with Crippen LogP contribution in [0.2, 0.25) is 0 Å². The largest absolute Gasteiger partial charge is 0.349 e. The molecule has 4 heteroatoms. The third kappa shape index (κ3) is 6.42. The van der Waals surface area contributed by atoms with Gasteiger partial charge in [0.2, 0.25) is 11.8 Å². The van der Waals surface area contributed by atoms with Crippen LogP contribution in [0.15, 0.2) is 54.6 Å². The van der Waals surface area contributed by atoms with Crippen molar-refractivity contribution in [2.24, 2.45) is 0 Å². The van der Waals surface area contributed by atoms with Gasteiger partial charge in [0, 0.05) is 12.6 Å². The van der Waals surface area contributed by atoms with Gasteiger partial charge in [0.1, 0.15) is 0 Å².